The summed E-state index contributed by atoms with van der Waals surface area (Å²) in [6.07, 6.45) is 113. The lowest BCUT2D eigenvalue weighted by Crippen LogP contribution is -2.44. The molecular formula is C90H153NO8. The molecule has 0 radical (unpaired) electrons. The fraction of sp³-hybridized carbons (Fsp3) is 0.700. The van der Waals surface area contributed by atoms with Crippen LogP contribution in [0, 0.1) is 0 Å². The number of carbonyl (C=O) groups excluding carboxylic acids is 3. The van der Waals surface area contributed by atoms with E-state index in [9.17, 15) is 19.5 Å². The zero-order valence-corrected chi connectivity index (χ0v) is 64.8. The van der Waals surface area contributed by atoms with Crippen molar-refractivity contribution < 1.29 is 42.9 Å². The van der Waals surface area contributed by atoms with E-state index in [0.29, 0.717) is 17.4 Å². The van der Waals surface area contributed by atoms with Gasteiger partial charge in [-0.3, -0.25) is 9.59 Å². The molecule has 0 amide bonds. The maximum atomic E-state index is 13.0. The first kappa shape index (κ1) is 94.2. The number of hydrogen-bond acceptors (Lipinski definition) is 8. The summed E-state index contributed by atoms with van der Waals surface area (Å²) in [6, 6.07) is 0. The Bertz CT molecular complexity index is 2150. The standard InChI is InChI=1S/C90H153NO8/c1-6-8-10-12-14-16-18-20-22-24-26-28-30-32-34-36-38-40-41-42-43-44-45-46-47-49-50-52-54-56-58-60-62-64-66-68-70-72-74-76-78-80-87(92)97-84-86(85-98-90(89(94)95)96-83-82-91(3,4)5)99-88(93)81-79-77-75-73-71-69-67-65-63-61-59-57-55-53-51-48-39-37-35-33-31-29-27-25-23-21-19-17-15-13-11-9-7-2/h9,11,15,17-18,20-21,23-24,26-27,29-30,32-33,35,39,48,53,55,59,61,65,67,86,90H,6-8,10,12-14,16,19,22,25,28,31,34,36-38,40-47,49-52,54,56-58,60,62-64,66,68-85H2,1-5H3/b11-9-,17-15-,20-18-,23-21-,26-24-,29-27-,32-30-,35-33-,48-39-,55-53-,61-59-,67-65-. The minimum Gasteiger partial charge on any atom is -0.545 e. The van der Waals surface area contributed by atoms with Crippen molar-refractivity contribution in [2.45, 2.75) is 360 Å². The van der Waals surface area contributed by atoms with E-state index in [1.165, 1.54) is 193 Å². The topological polar surface area (TPSA) is 111 Å². The summed E-state index contributed by atoms with van der Waals surface area (Å²) in [5.41, 5.74) is 0. The Balaban J connectivity index is 4.05. The van der Waals surface area contributed by atoms with E-state index in [2.05, 4.69) is 160 Å². The molecule has 0 heterocycles. The Labute approximate surface area is 611 Å². The van der Waals surface area contributed by atoms with Gasteiger partial charge in [0.15, 0.2) is 12.4 Å². The predicted octanol–water partition coefficient (Wildman–Crippen LogP) is 25.3. The van der Waals surface area contributed by atoms with E-state index < -0.39 is 24.3 Å². The predicted molar refractivity (Wildman–Crippen MR) is 426 cm³/mol. The molecule has 0 N–H and O–H groups in total. The first-order chi connectivity index (χ1) is 48.6. The monoisotopic (exact) mass is 1380 g/mol. The number of carboxylic acid groups (broad SMARTS) is 1. The van der Waals surface area contributed by atoms with E-state index in [1.807, 2.05) is 21.1 Å². The summed E-state index contributed by atoms with van der Waals surface area (Å²) in [7, 11) is 5.93. The summed E-state index contributed by atoms with van der Waals surface area (Å²) in [5, 5.41) is 11.9. The number of unbranched alkanes of at least 4 members (excludes halogenated alkanes) is 36. The van der Waals surface area contributed by atoms with E-state index in [0.717, 1.165) is 122 Å². The second-order valence-corrected chi connectivity index (χ2v) is 28.3. The van der Waals surface area contributed by atoms with Gasteiger partial charge in [0.25, 0.3) is 0 Å². The van der Waals surface area contributed by atoms with Gasteiger partial charge in [-0.15, -0.1) is 0 Å². The third-order valence-corrected chi connectivity index (χ3v) is 17.6. The number of esters is 2. The van der Waals surface area contributed by atoms with E-state index in [-0.39, 0.29) is 38.6 Å². The van der Waals surface area contributed by atoms with Crippen LogP contribution in [0.15, 0.2) is 146 Å². The van der Waals surface area contributed by atoms with Crippen LogP contribution in [0.3, 0.4) is 0 Å². The van der Waals surface area contributed by atoms with Gasteiger partial charge in [-0.1, -0.05) is 359 Å². The Morgan fingerprint density at radius 2 is 0.576 bits per heavy atom. The van der Waals surface area contributed by atoms with Crippen LogP contribution in [-0.2, 0) is 33.3 Å². The number of carboxylic acids is 1. The van der Waals surface area contributed by atoms with Crippen LogP contribution in [-0.4, -0.2) is 82.3 Å². The van der Waals surface area contributed by atoms with Gasteiger partial charge in [0.05, 0.1) is 40.3 Å². The molecule has 0 aromatic rings. The second kappa shape index (κ2) is 78.9. The van der Waals surface area contributed by atoms with E-state index >= 15 is 0 Å². The van der Waals surface area contributed by atoms with Gasteiger partial charge in [0.1, 0.15) is 13.2 Å². The Morgan fingerprint density at radius 1 is 0.313 bits per heavy atom. The summed E-state index contributed by atoms with van der Waals surface area (Å²) in [5.74, 6) is -2.31. The first-order valence-corrected chi connectivity index (χ1v) is 41.0. The fourth-order valence-electron chi connectivity index (χ4n) is 11.4. The number of allylic oxidation sites excluding steroid dienone is 24. The summed E-state index contributed by atoms with van der Waals surface area (Å²) in [6.45, 7) is 4.62. The molecule has 2 atom stereocenters. The Morgan fingerprint density at radius 3 is 0.859 bits per heavy atom. The lowest BCUT2D eigenvalue weighted by molar-refractivity contribution is -0.870. The summed E-state index contributed by atoms with van der Waals surface area (Å²) < 4.78 is 22.8. The van der Waals surface area contributed by atoms with E-state index in [4.69, 9.17) is 18.9 Å². The van der Waals surface area contributed by atoms with Crippen LogP contribution < -0.4 is 5.11 Å². The van der Waals surface area contributed by atoms with Crippen molar-refractivity contribution in [1.82, 2.24) is 0 Å². The molecule has 0 saturated carbocycles. The quantitative estimate of drug-likeness (QED) is 0.0195. The molecule has 0 aliphatic carbocycles. The molecule has 0 fully saturated rings. The van der Waals surface area contributed by atoms with Crippen LogP contribution in [0.1, 0.15) is 348 Å². The molecule has 0 saturated heterocycles. The molecule has 9 heteroatoms. The van der Waals surface area contributed by atoms with Crippen molar-refractivity contribution in [2.75, 3.05) is 47.5 Å². The SMILES string of the molecule is CC/C=C\C/C=C\C/C=C\C/C=C\C/C=C\C/C=C\C/C=C\C/C=C\C/C=C\CCCCCCCC(=O)OC(COC(=O)CCCCCCCCCCCCCCCCCCCCCCCCCCCC/C=C\C/C=C\C/C=C\CCCCCCC)COC(OCC[N+](C)(C)C)C(=O)[O-]. The van der Waals surface area contributed by atoms with Gasteiger partial charge in [0.2, 0.25) is 0 Å². The van der Waals surface area contributed by atoms with Gasteiger partial charge in [-0.05, 0) is 122 Å². The van der Waals surface area contributed by atoms with Gasteiger partial charge < -0.3 is 33.3 Å². The highest BCUT2D eigenvalue weighted by Crippen LogP contribution is 2.18. The molecule has 0 aromatic carbocycles. The maximum Gasteiger partial charge on any atom is 0.306 e. The first-order valence-electron chi connectivity index (χ1n) is 41.0. The number of hydrogen-bond donors (Lipinski definition) is 0. The van der Waals surface area contributed by atoms with Crippen molar-refractivity contribution in [2.24, 2.45) is 0 Å². The third-order valence-electron chi connectivity index (χ3n) is 17.6. The minimum absolute atomic E-state index is 0.138. The third kappa shape index (κ3) is 80.4. The average Bonchev–Trinajstić information content (AvgIpc) is 1.57. The molecule has 0 aliphatic rings. The molecular weight excluding hydrogens is 1220 g/mol. The van der Waals surface area contributed by atoms with Crippen molar-refractivity contribution in [1.29, 1.82) is 0 Å². The number of ether oxygens (including phenoxy) is 4. The van der Waals surface area contributed by atoms with Crippen LogP contribution in [0.4, 0.5) is 0 Å². The number of likely N-dealkylation sites (N-methyl/N-ethyl adjacent to an activating group) is 1. The highest BCUT2D eigenvalue weighted by atomic mass is 16.7. The minimum atomic E-state index is -1.64. The lowest BCUT2D eigenvalue weighted by Gasteiger charge is -2.26. The normalized spacial score (nSPS) is 13.4. The second-order valence-electron chi connectivity index (χ2n) is 28.3. The van der Waals surface area contributed by atoms with Crippen molar-refractivity contribution in [3.05, 3.63) is 146 Å². The maximum absolute atomic E-state index is 13.0. The lowest BCUT2D eigenvalue weighted by atomic mass is 10.0. The molecule has 0 aliphatic heterocycles. The molecule has 0 spiro atoms. The molecule has 0 rings (SSSR count). The molecule has 9 nitrogen and oxygen atoms in total. The van der Waals surface area contributed by atoms with Crippen molar-refractivity contribution in [3.63, 3.8) is 0 Å². The number of nitrogens with zero attached hydrogens (tertiary/aromatic N) is 1. The van der Waals surface area contributed by atoms with E-state index in [1.54, 1.807) is 0 Å². The molecule has 566 valence electrons. The Hall–Kier alpha value is -4.83. The molecule has 0 aromatic heterocycles. The number of quaternary nitrogens is 1. The number of rotatable bonds is 75. The van der Waals surface area contributed by atoms with Crippen molar-refractivity contribution >= 4 is 17.9 Å². The number of aliphatic carboxylic acids is 1. The highest BCUT2D eigenvalue weighted by Gasteiger charge is 2.22. The van der Waals surface area contributed by atoms with Crippen LogP contribution in [0.5, 0.6) is 0 Å². The summed E-state index contributed by atoms with van der Waals surface area (Å²) in [4.78, 5) is 37.6. The Kier molecular flexibility index (Phi) is 75.0. The van der Waals surface area contributed by atoms with Crippen molar-refractivity contribution in [3.8, 4) is 0 Å². The largest absolute Gasteiger partial charge is 0.545 e. The molecule has 0 bridgehead atoms. The van der Waals surface area contributed by atoms with Gasteiger partial charge >= 0.3 is 11.9 Å². The smallest absolute Gasteiger partial charge is 0.306 e. The fourth-order valence-corrected chi connectivity index (χ4v) is 11.4. The highest BCUT2D eigenvalue weighted by molar-refractivity contribution is 5.70. The van der Waals surface area contributed by atoms with Crippen LogP contribution in [0.25, 0.3) is 0 Å². The van der Waals surface area contributed by atoms with Gasteiger partial charge in [-0.2, -0.15) is 0 Å². The van der Waals surface area contributed by atoms with Crippen LogP contribution >= 0.6 is 0 Å². The average molecular weight is 1380 g/mol. The van der Waals surface area contributed by atoms with Crippen LogP contribution in [0.2, 0.25) is 0 Å². The summed E-state index contributed by atoms with van der Waals surface area (Å²) >= 11 is 0. The molecule has 99 heavy (non-hydrogen) atoms. The van der Waals surface area contributed by atoms with Gasteiger partial charge in [-0.25, -0.2) is 0 Å². The van der Waals surface area contributed by atoms with Gasteiger partial charge in [0, 0.05) is 12.8 Å². The molecule has 2 unspecified atom stereocenters. The number of carbonyl (C=O) groups is 3. The zero-order valence-electron chi connectivity index (χ0n) is 64.8. The zero-order chi connectivity index (χ0) is 71.8.